The second-order valence-corrected chi connectivity index (χ2v) is 19.5. The Labute approximate surface area is 409 Å². The summed E-state index contributed by atoms with van der Waals surface area (Å²) >= 11 is 0. The molecule has 1 saturated heterocycles. The van der Waals surface area contributed by atoms with Crippen molar-refractivity contribution in [2.75, 3.05) is 13.7 Å². The van der Waals surface area contributed by atoms with Crippen LogP contribution in [0.3, 0.4) is 0 Å². The van der Waals surface area contributed by atoms with E-state index in [0.717, 1.165) is 70.3 Å². The summed E-state index contributed by atoms with van der Waals surface area (Å²) in [7, 11) is 1.28. The van der Waals surface area contributed by atoms with E-state index in [4.69, 9.17) is 29.7 Å². The van der Waals surface area contributed by atoms with Crippen LogP contribution in [0, 0.1) is 56.3 Å². The molecule has 0 amide bonds. The van der Waals surface area contributed by atoms with Crippen molar-refractivity contribution in [3.8, 4) is 0 Å². The number of ketones is 1. The number of hydrogen-bond donors (Lipinski definition) is 1. The van der Waals surface area contributed by atoms with Gasteiger partial charge < -0.3 is 34.8 Å². The molecule has 10 nitrogen and oxygen atoms in total. The third-order valence-electron chi connectivity index (χ3n) is 14.3. The van der Waals surface area contributed by atoms with Gasteiger partial charge in [0.2, 0.25) is 0 Å². The summed E-state index contributed by atoms with van der Waals surface area (Å²) in [5, 5.41) is 16.7. The van der Waals surface area contributed by atoms with Crippen LogP contribution in [0.5, 0.6) is 0 Å². The van der Waals surface area contributed by atoms with Gasteiger partial charge in [0.25, 0.3) is 0 Å². The average Bonchev–Trinajstić information content (AvgIpc) is 4.00. The smallest absolute Gasteiger partial charge is 0.664 e. The van der Waals surface area contributed by atoms with Crippen molar-refractivity contribution in [2.24, 2.45) is 35.5 Å². The number of allylic oxidation sites excluding steroid dienone is 3. The standard InChI is InChI=1S/C55H73N4O6.Mg/c1-12-39-35(7)43-29-47-40(24-26-60)36(8)42(57-47)28-44-37(9)41(52(58-44)50-51(55(63)64-11)54(62)49-38(10)45(59-53(49)50)30-46(39)56-43)22-23-48(61)65-27-25-34(6)21-15-20-33(5)19-14-18-32(4)17-13-16-31(2)3;/h24-26,28-33,37,41,51H,12-23,27H2,1-11H3,(H2-,58,59,60,62);/q-3;+2/p-1/b26-24?,34-25+,43-29-,44-28-,46-30-;/t32-,33-,37+,41+,51-;/m1./s1. The molecule has 0 spiro atoms. The molecule has 0 aromatic carbocycles. The number of carbonyl (C=O) groups is 3. The Morgan fingerprint density at radius 2 is 1.48 bits per heavy atom. The van der Waals surface area contributed by atoms with Crippen LogP contribution in [0.4, 0.5) is 0 Å². The number of ether oxygens (including phenoxy) is 2. The Hall–Kier alpha value is -4.48. The second kappa shape index (κ2) is 23.5. The number of aliphatic hydroxyl groups is 1. The van der Waals surface area contributed by atoms with Crippen LogP contribution in [0.25, 0.3) is 35.2 Å². The second-order valence-electron chi connectivity index (χ2n) is 19.5. The van der Waals surface area contributed by atoms with E-state index in [9.17, 15) is 19.5 Å². The zero-order valence-electron chi connectivity index (χ0n) is 41.6. The maximum Gasteiger partial charge on any atom is 2.00 e. The molecule has 3 aromatic heterocycles. The van der Waals surface area contributed by atoms with E-state index in [2.05, 4.69) is 41.5 Å². The Kier molecular flexibility index (Phi) is 18.7. The van der Waals surface area contributed by atoms with Crippen molar-refractivity contribution in [2.45, 2.75) is 146 Å². The SMILES string of the molecule is CCc1c(C)/c2[n-]/c1=C\c1[n-]c3c(c1C)C(=O)[C@H](C(=O)OC)/C3=C1/[N-]/C(=C\c3[n-]c(c(C=CO)c3C)\C=2)[C@@H](C)[C@@H]1CCC(=O)OC/C=C(\C)CCC[C@H](C)CCC[C@H](C)CCCC(C)C.[Mg+2]. The third-order valence-corrected chi connectivity index (χ3v) is 14.3. The first-order valence-corrected chi connectivity index (χ1v) is 24.2. The molecule has 0 saturated carbocycles. The van der Waals surface area contributed by atoms with E-state index in [-0.39, 0.29) is 59.7 Å². The number of Topliss-reactive ketones (excluding diaryl/α,β-unsaturated/α-hetero) is 1. The van der Waals surface area contributed by atoms with Gasteiger partial charge >= 0.3 is 35.0 Å². The number of fused-ring (bicyclic) bond motifs is 7. The number of hydrogen-bond acceptors (Lipinski definition) is 6. The van der Waals surface area contributed by atoms with Gasteiger partial charge in [-0.2, -0.15) is 11.4 Å². The molecular formula is C55H72MgN4O6-2. The van der Waals surface area contributed by atoms with Gasteiger partial charge in [-0.3, -0.25) is 14.4 Å². The molecule has 0 radical (unpaired) electrons. The molecule has 1 N–H and O–H groups in total. The Morgan fingerprint density at radius 3 is 2.14 bits per heavy atom. The van der Waals surface area contributed by atoms with E-state index in [0.29, 0.717) is 63.2 Å². The van der Waals surface area contributed by atoms with Crippen molar-refractivity contribution < 1.29 is 29.0 Å². The molecule has 11 heteroatoms. The molecule has 3 aliphatic rings. The van der Waals surface area contributed by atoms with Gasteiger partial charge in [-0.05, 0) is 101 Å². The molecule has 6 rings (SSSR count). The monoisotopic (exact) mass is 909 g/mol. The van der Waals surface area contributed by atoms with Crippen LogP contribution in [-0.2, 0) is 25.5 Å². The minimum Gasteiger partial charge on any atom is -0.664 e. The summed E-state index contributed by atoms with van der Waals surface area (Å²) in [5.74, 6) is -0.886. The number of carbonyl (C=O) groups excluding carboxylic acids is 3. The number of methoxy groups -OCH3 is 1. The van der Waals surface area contributed by atoms with Gasteiger partial charge in [-0.1, -0.05) is 138 Å². The van der Waals surface area contributed by atoms with E-state index < -0.39 is 11.9 Å². The van der Waals surface area contributed by atoms with E-state index in [1.165, 1.54) is 57.6 Å². The predicted molar refractivity (Wildman–Crippen MR) is 266 cm³/mol. The minimum absolute atomic E-state index is 0. The van der Waals surface area contributed by atoms with E-state index in [1.807, 2.05) is 52.0 Å². The summed E-state index contributed by atoms with van der Waals surface area (Å²) in [6.45, 7) is 21.7. The number of aromatic nitrogens is 3. The van der Waals surface area contributed by atoms with Crippen molar-refractivity contribution in [1.82, 2.24) is 15.0 Å². The Bertz CT molecular complexity index is 2490. The fourth-order valence-corrected chi connectivity index (χ4v) is 10.1. The van der Waals surface area contributed by atoms with Crippen LogP contribution in [0.15, 0.2) is 29.3 Å². The summed E-state index contributed by atoms with van der Waals surface area (Å²) < 4.78 is 11.0. The van der Waals surface area contributed by atoms with Gasteiger partial charge in [0, 0.05) is 12.0 Å². The number of nitrogens with zero attached hydrogens (tertiary/aromatic N) is 4. The summed E-state index contributed by atoms with van der Waals surface area (Å²) in [5.41, 5.74) is 9.95. The van der Waals surface area contributed by atoms with Crippen LogP contribution < -0.4 is 25.7 Å². The molecule has 352 valence electrons. The summed E-state index contributed by atoms with van der Waals surface area (Å²) in [6, 6.07) is 0. The quantitative estimate of drug-likeness (QED) is 0.0385. The van der Waals surface area contributed by atoms with Crippen molar-refractivity contribution in [1.29, 1.82) is 0 Å². The van der Waals surface area contributed by atoms with Crippen molar-refractivity contribution >= 4 is 70.7 Å². The fraction of sp³-hybridized carbons (Fsp3) is 0.545. The molecule has 3 aromatic rings. The Balaban J connectivity index is 0.00000817. The topological polar surface area (TPSA) is 146 Å². The molecule has 0 unspecified atom stereocenters. The number of esters is 2. The zero-order valence-corrected chi connectivity index (χ0v) is 43.0. The van der Waals surface area contributed by atoms with Crippen LogP contribution in [0.2, 0.25) is 0 Å². The molecule has 66 heavy (non-hydrogen) atoms. The van der Waals surface area contributed by atoms with Gasteiger partial charge in [0.05, 0.1) is 13.4 Å². The number of rotatable bonds is 20. The van der Waals surface area contributed by atoms with E-state index >= 15 is 0 Å². The molecule has 5 atom stereocenters. The van der Waals surface area contributed by atoms with E-state index in [1.54, 1.807) is 6.08 Å². The van der Waals surface area contributed by atoms with Crippen molar-refractivity contribution in [3.63, 3.8) is 0 Å². The van der Waals surface area contributed by atoms with Crippen LogP contribution >= 0.6 is 0 Å². The first-order valence-electron chi connectivity index (χ1n) is 24.2. The van der Waals surface area contributed by atoms with Gasteiger partial charge in [-0.25, -0.2) is 0 Å². The Morgan fingerprint density at radius 1 is 0.833 bits per heavy atom. The maximum absolute atomic E-state index is 14.4. The van der Waals surface area contributed by atoms with Gasteiger partial charge in [0.15, 0.2) is 5.78 Å². The molecule has 1 fully saturated rings. The van der Waals surface area contributed by atoms with Gasteiger partial charge in [0.1, 0.15) is 12.5 Å². The maximum atomic E-state index is 14.4. The third kappa shape index (κ3) is 11.8. The molecular weight excluding hydrogens is 837 g/mol. The number of aliphatic hydroxyl groups excluding tert-OH is 1. The molecule has 8 bridgehead atoms. The summed E-state index contributed by atoms with van der Waals surface area (Å²) in [4.78, 5) is 56.6. The predicted octanol–water partition coefficient (Wildman–Crippen LogP) is 10.3. The summed E-state index contributed by atoms with van der Waals surface area (Å²) in [6.07, 6.45) is 22.9. The molecule has 2 aliphatic heterocycles. The normalized spacial score (nSPS) is 21.7. The fourth-order valence-electron chi connectivity index (χ4n) is 10.1. The first kappa shape index (κ1) is 52.5. The van der Waals surface area contributed by atoms with Crippen LogP contribution in [0.1, 0.15) is 180 Å². The average molecular weight is 910 g/mol. The largest absolute Gasteiger partial charge is 2.00 e. The van der Waals surface area contributed by atoms with Crippen LogP contribution in [-0.4, -0.2) is 59.6 Å². The minimum atomic E-state index is -1.24. The zero-order chi connectivity index (χ0) is 47.1. The van der Waals surface area contributed by atoms with Crippen molar-refractivity contribution in [3.05, 3.63) is 101 Å². The molecule has 1 aliphatic carbocycles. The van der Waals surface area contributed by atoms with Gasteiger partial charge in [-0.15, -0.1) is 33.5 Å². The first-order chi connectivity index (χ1) is 31.1. The molecule has 5 heterocycles.